The molecule has 1 aliphatic heterocycles. The number of allylic oxidation sites excluding steroid dienone is 1. The molecule has 4 heteroatoms. The van der Waals surface area contributed by atoms with E-state index in [-0.39, 0.29) is 6.61 Å². The van der Waals surface area contributed by atoms with Gasteiger partial charge >= 0.3 is 5.97 Å². The molecular weight excluding hydrogens is 232 g/mol. The van der Waals surface area contributed by atoms with E-state index in [0.29, 0.717) is 0 Å². The number of hydrogen-bond acceptors (Lipinski definition) is 4. The van der Waals surface area contributed by atoms with Crippen molar-refractivity contribution in [2.75, 3.05) is 6.61 Å². The fraction of sp³-hybridized carbons (Fsp3) is 0.214. The Morgan fingerprint density at radius 2 is 1.94 bits per heavy atom. The van der Waals surface area contributed by atoms with Crippen molar-refractivity contribution in [3.8, 4) is 0 Å². The zero-order valence-electron chi connectivity index (χ0n) is 9.88. The van der Waals surface area contributed by atoms with Gasteiger partial charge in [-0.15, -0.1) is 0 Å². The highest BCUT2D eigenvalue weighted by Gasteiger charge is 2.38. The third kappa shape index (κ3) is 2.53. The first-order chi connectivity index (χ1) is 8.58. The molecule has 0 radical (unpaired) electrons. The van der Waals surface area contributed by atoms with Crippen LogP contribution in [0.2, 0.25) is 0 Å². The van der Waals surface area contributed by atoms with Gasteiger partial charge in [0.15, 0.2) is 5.78 Å². The van der Waals surface area contributed by atoms with E-state index in [4.69, 9.17) is 0 Å². The number of esters is 1. The van der Waals surface area contributed by atoms with Crippen LogP contribution in [0, 0.1) is 12.8 Å². The molecule has 0 aliphatic carbocycles. The standard InChI is InChI=1S/C14H12O4/c1-9-2-4-10(5-3-9)6-7-12(15)11-8-18-14(17)13(11)16/h2-7,11H,8H2,1H3/b7-6+. The van der Waals surface area contributed by atoms with E-state index in [1.165, 1.54) is 6.08 Å². The van der Waals surface area contributed by atoms with E-state index in [2.05, 4.69) is 4.74 Å². The third-order valence-electron chi connectivity index (χ3n) is 2.76. The number of ketones is 2. The summed E-state index contributed by atoms with van der Waals surface area (Å²) in [7, 11) is 0. The van der Waals surface area contributed by atoms with Crippen LogP contribution in [0.5, 0.6) is 0 Å². The Labute approximate surface area is 104 Å². The predicted molar refractivity (Wildman–Crippen MR) is 64.7 cm³/mol. The fourth-order valence-electron chi connectivity index (χ4n) is 1.63. The van der Waals surface area contributed by atoms with Crippen LogP contribution in [0.3, 0.4) is 0 Å². The molecular formula is C14H12O4. The fourth-order valence-corrected chi connectivity index (χ4v) is 1.63. The summed E-state index contributed by atoms with van der Waals surface area (Å²) in [5, 5.41) is 0. The molecule has 1 saturated heterocycles. The van der Waals surface area contributed by atoms with E-state index in [1.807, 2.05) is 31.2 Å². The lowest BCUT2D eigenvalue weighted by Crippen LogP contribution is -2.22. The van der Waals surface area contributed by atoms with Crippen molar-refractivity contribution < 1.29 is 19.1 Å². The second kappa shape index (κ2) is 4.96. The minimum atomic E-state index is -0.973. The molecule has 1 fully saturated rings. The molecule has 0 bridgehead atoms. The zero-order chi connectivity index (χ0) is 13.1. The van der Waals surface area contributed by atoms with E-state index in [1.54, 1.807) is 6.08 Å². The Morgan fingerprint density at radius 1 is 1.28 bits per heavy atom. The van der Waals surface area contributed by atoms with E-state index in [0.717, 1.165) is 11.1 Å². The summed E-state index contributed by atoms with van der Waals surface area (Å²) in [5.74, 6) is -3.05. The average Bonchev–Trinajstić information content (AvgIpc) is 2.69. The van der Waals surface area contributed by atoms with E-state index >= 15 is 0 Å². The van der Waals surface area contributed by atoms with Gasteiger partial charge in [-0.05, 0) is 18.6 Å². The second-order valence-electron chi connectivity index (χ2n) is 4.16. The summed E-state index contributed by atoms with van der Waals surface area (Å²) < 4.78 is 4.52. The van der Waals surface area contributed by atoms with Crippen molar-refractivity contribution in [1.82, 2.24) is 0 Å². The summed E-state index contributed by atoms with van der Waals surface area (Å²) in [6.07, 6.45) is 2.94. The van der Waals surface area contributed by atoms with Crippen molar-refractivity contribution in [3.63, 3.8) is 0 Å². The highest BCUT2D eigenvalue weighted by atomic mass is 16.5. The minimum absolute atomic E-state index is 0.144. The maximum atomic E-state index is 11.7. The number of hydrogen-bond donors (Lipinski definition) is 0. The molecule has 1 atom stereocenters. The van der Waals surface area contributed by atoms with Crippen LogP contribution in [-0.2, 0) is 19.1 Å². The number of ether oxygens (including phenoxy) is 1. The number of aryl methyl sites for hydroxylation is 1. The van der Waals surface area contributed by atoms with Crippen molar-refractivity contribution in [1.29, 1.82) is 0 Å². The third-order valence-corrected chi connectivity index (χ3v) is 2.76. The second-order valence-corrected chi connectivity index (χ2v) is 4.16. The van der Waals surface area contributed by atoms with E-state index in [9.17, 15) is 14.4 Å². The normalized spacial score (nSPS) is 19.3. The minimum Gasteiger partial charge on any atom is -0.459 e. The van der Waals surface area contributed by atoms with Gasteiger partial charge < -0.3 is 4.74 Å². The molecule has 1 heterocycles. The smallest absolute Gasteiger partial charge is 0.375 e. The zero-order valence-corrected chi connectivity index (χ0v) is 9.88. The Morgan fingerprint density at radius 3 is 2.50 bits per heavy atom. The summed E-state index contributed by atoms with van der Waals surface area (Å²) in [6.45, 7) is 1.83. The van der Waals surface area contributed by atoms with Gasteiger partial charge in [-0.2, -0.15) is 0 Å². The van der Waals surface area contributed by atoms with Gasteiger partial charge in [0.2, 0.25) is 0 Å². The number of rotatable bonds is 3. The Balaban J connectivity index is 2.05. The first-order valence-corrected chi connectivity index (χ1v) is 5.57. The lowest BCUT2D eigenvalue weighted by molar-refractivity contribution is -0.147. The number of carbonyl (C=O) groups excluding carboxylic acids is 3. The van der Waals surface area contributed by atoms with Gasteiger partial charge in [-0.25, -0.2) is 4.79 Å². The molecule has 1 aliphatic rings. The van der Waals surface area contributed by atoms with Gasteiger partial charge in [0, 0.05) is 0 Å². The lowest BCUT2D eigenvalue weighted by Gasteiger charge is -1.98. The Hall–Kier alpha value is -2.23. The van der Waals surface area contributed by atoms with Crippen molar-refractivity contribution in [3.05, 3.63) is 41.5 Å². The average molecular weight is 244 g/mol. The molecule has 1 aromatic carbocycles. The monoisotopic (exact) mass is 244 g/mol. The molecule has 0 spiro atoms. The van der Waals surface area contributed by atoms with Crippen LogP contribution in [0.25, 0.3) is 6.08 Å². The quantitative estimate of drug-likeness (QED) is 0.348. The molecule has 0 amide bonds. The lowest BCUT2D eigenvalue weighted by atomic mass is 10.0. The molecule has 4 nitrogen and oxygen atoms in total. The first kappa shape index (κ1) is 12.2. The Bertz CT molecular complexity index is 525. The maximum Gasteiger partial charge on any atom is 0.375 e. The van der Waals surface area contributed by atoms with Crippen LogP contribution in [0.4, 0.5) is 0 Å². The Kier molecular flexibility index (Phi) is 3.37. The SMILES string of the molecule is Cc1ccc(/C=C/C(=O)C2COC(=O)C2=O)cc1. The highest BCUT2D eigenvalue weighted by molar-refractivity contribution is 6.40. The largest absolute Gasteiger partial charge is 0.459 e. The van der Waals surface area contributed by atoms with Crippen molar-refractivity contribution >= 4 is 23.6 Å². The van der Waals surface area contributed by atoms with Crippen molar-refractivity contribution in [2.45, 2.75) is 6.92 Å². The van der Waals surface area contributed by atoms with Crippen LogP contribution >= 0.6 is 0 Å². The summed E-state index contributed by atoms with van der Waals surface area (Å²) in [6, 6.07) is 7.60. The van der Waals surface area contributed by atoms with Crippen LogP contribution in [0.1, 0.15) is 11.1 Å². The molecule has 0 N–H and O–H groups in total. The van der Waals surface area contributed by atoms with Gasteiger partial charge in [0.1, 0.15) is 12.5 Å². The number of cyclic esters (lactones) is 1. The van der Waals surface area contributed by atoms with Gasteiger partial charge in [-0.3, -0.25) is 9.59 Å². The first-order valence-electron chi connectivity index (χ1n) is 5.57. The molecule has 1 aromatic rings. The molecule has 1 unspecified atom stereocenters. The molecule has 0 aromatic heterocycles. The van der Waals surface area contributed by atoms with Crippen LogP contribution in [0.15, 0.2) is 30.3 Å². The maximum absolute atomic E-state index is 11.7. The van der Waals surface area contributed by atoms with Gasteiger partial charge in [0.05, 0.1) is 0 Å². The van der Waals surface area contributed by atoms with Gasteiger partial charge in [-0.1, -0.05) is 35.9 Å². The number of Topliss-reactive ketones (excluding diaryl/α,β-unsaturated/α-hetero) is 1. The molecule has 0 saturated carbocycles. The number of benzene rings is 1. The highest BCUT2D eigenvalue weighted by Crippen LogP contribution is 2.13. The van der Waals surface area contributed by atoms with E-state index < -0.39 is 23.5 Å². The molecule has 2 rings (SSSR count). The van der Waals surface area contributed by atoms with Crippen LogP contribution < -0.4 is 0 Å². The summed E-state index contributed by atoms with van der Waals surface area (Å²) in [5.41, 5.74) is 2.00. The number of carbonyl (C=O) groups is 3. The molecule has 92 valence electrons. The summed E-state index contributed by atoms with van der Waals surface area (Å²) in [4.78, 5) is 33.8. The van der Waals surface area contributed by atoms with Crippen LogP contribution in [-0.4, -0.2) is 24.1 Å². The topological polar surface area (TPSA) is 60.4 Å². The summed E-state index contributed by atoms with van der Waals surface area (Å²) >= 11 is 0. The molecule has 18 heavy (non-hydrogen) atoms. The predicted octanol–water partition coefficient (Wildman–Crippen LogP) is 1.32. The van der Waals surface area contributed by atoms with Gasteiger partial charge in [0.25, 0.3) is 5.78 Å². The van der Waals surface area contributed by atoms with Crippen molar-refractivity contribution in [2.24, 2.45) is 5.92 Å².